The smallest absolute Gasteiger partial charge is 0.121 e. The van der Waals surface area contributed by atoms with Gasteiger partial charge in [0.2, 0.25) is 0 Å². The summed E-state index contributed by atoms with van der Waals surface area (Å²) >= 11 is 0. The van der Waals surface area contributed by atoms with Crippen molar-refractivity contribution in [2.45, 2.75) is 25.7 Å². The molecule has 124 valence electrons. The standard InChI is InChI=1S/C20H28N2O/c1-16-9-11-17(12-10-16)18(15-21)6-5-13-23-20-8-4-7-19(14-20)22(2)3/h4,7-12,14,18H,5-6,13,15,21H2,1-3H3. The van der Waals surface area contributed by atoms with Crippen LogP contribution in [0.4, 0.5) is 5.69 Å². The van der Waals surface area contributed by atoms with E-state index in [-0.39, 0.29) is 0 Å². The average molecular weight is 312 g/mol. The summed E-state index contributed by atoms with van der Waals surface area (Å²) in [6.45, 7) is 3.51. The maximum absolute atomic E-state index is 5.94. The number of anilines is 1. The fraction of sp³-hybridized carbons (Fsp3) is 0.400. The molecule has 2 aromatic rings. The summed E-state index contributed by atoms with van der Waals surface area (Å²) in [4.78, 5) is 2.08. The molecule has 2 N–H and O–H groups in total. The molecule has 0 amide bonds. The Kier molecular flexibility index (Phi) is 6.48. The first-order chi connectivity index (χ1) is 11.1. The second kappa shape index (κ2) is 8.59. The van der Waals surface area contributed by atoms with Gasteiger partial charge in [0.15, 0.2) is 0 Å². The van der Waals surface area contributed by atoms with Crippen LogP contribution in [0.3, 0.4) is 0 Å². The fourth-order valence-electron chi connectivity index (χ4n) is 2.63. The van der Waals surface area contributed by atoms with E-state index in [1.807, 2.05) is 26.2 Å². The van der Waals surface area contributed by atoms with Gasteiger partial charge in [-0.15, -0.1) is 0 Å². The second-order valence-electron chi connectivity index (χ2n) is 6.23. The van der Waals surface area contributed by atoms with Gasteiger partial charge in [-0.05, 0) is 49.9 Å². The molecule has 0 aliphatic heterocycles. The first-order valence-electron chi connectivity index (χ1n) is 8.27. The molecule has 3 nitrogen and oxygen atoms in total. The molecule has 0 heterocycles. The SMILES string of the molecule is Cc1ccc(C(CN)CCCOc2cccc(N(C)C)c2)cc1. The molecule has 23 heavy (non-hydrogen) atoms. The highest BCUT2D eigenvalue weighted by Gasteiger charge is 2.09. The topological polar surface area (TPSA) is 38.5 Å². The lowest BCUT2D eigenvalue weighted by atomic mass is 9.94. The molecule has 3 heteroatoms. The van der Waals surface area contributed by atoms with Gasteiger partial charge in [-0.1, -0.05) is 35.9 Å². The predicted octanol–water partition coefficient (Wildman–Crippen LogP) is 3.96. The van der Waals surface area contributed by atoms with E-state index in [4.69, 9.17) is 10.5 Å². The van der Waals surface area contributed by atoms with Gasteiger partial charge in [-0.25, -0.2) is 0 Å². The number of rotatable bonds is 8. The lowest BCUT2D eigenvalue weighted by molar-refractivity contribution is 0.302. The summed E-state index contributed by atoms with van der Waals surface area (Å²) in [5.41, 5.74) is 9.71. The molecule has 0 saturated heterocycles. The van der Waals surface area contributed by atoms with Crippen molar-refractivity contribution in [3.63, 3.8) is 0 Å². The molecule has 0 aliphatic rings. The molecule has 0 fully saturated rings. The Bertz CT molecular complexity index is 593. The van der Waals surface area contributed by atoms with Crippen molar-refractivity contribution < 1.29 is 4.74 Å². The Morgan fingerprint density at radius 2 is 1.83 bits per heavy atom. The Balaban J connectivity index is 1.82. The fourth-order valence-corrected chi connectivity index (χ4v) is 2.63. The normalized spacial score (nSPS) is 12.0. The number of nitrogens with zero attached hydrogens (tertiary/aromatic N) is 1. The molecule has 0 bridgehead atoms. The van der Waals surface area contributed by atoms with Gasteiger partial charge in [-0.2, -0.15) is 0 Å². The average Bonchev–Trinajstić information content (AvgIpc) is 2.56. The number of nitrogens with two attached hydrogens (primary N) is 1. The van der Waals surface area contributed by atoms with Crippen molar-refractivity contribution in [1.82, 2.24) is 0 Å². The Labute approximate surface area is 140 Å². The van der Waals surface area contributed by atoms with Crippen molar-refractivity contribution in [2.75, 3.05) is 32.1 Å². The van der Waals surface area contributed by atoms with Crippen molar-refractivity contribution in [2.24, 2.45) is 5.73 Å². The highest BCUT2D eigenvalue weighted by atomic mass is 16.5. The molecule has 0 aliphatic carbocycles. The predicted molar refractivity (Wildman–Crippen MR) is 98.5 cm³/mol. The third-order valence-electron chi connectivity index (χ3n) is 4.13. The largest absolute Gasteiger partial charge is 0.494 e. The summed E-state index contributed by atoms with van der Waals surface area (Å²) in [7, 11) is 4.07. The maximum atomic E-state index is 5.94. The molecule has 2 rings (SSSR count). The van der Waals surface area contributed by atoms with Crippen molar-refractivity contribution in [3.8, 4) is 5.75 Å². The number of hydrogen-bond donors (Lipinski definition) is 1. The van der Waals surface area contributed by atoms with Crippen LogP contribution in [0.2, 0.25) is 0 Å². The van der Waals surface area contributed by atoms with Crippen LogP contribution >= 0.6 is 0 Å². The van der Waals surface area contributed by atoms with Crippen LogP contribution in [-0.4, -0.2) is 27.2 Å². The van der Waals surface area contributed by atoms with Gasteiger partial charge >= 0.3 is 0 Å². The van der Waals surface area contributed by atoms with E-state index in [9.17, 15) is 0 Å². The van der Waals surface area contributed by atoms with Gasteiger partial charge in [0.25, 0.3) is 0 Å². The van der Waals surface area contributed by atoms with E-state index in [1.54, 1.807) is 0 Å². The highest BCUT2D eigenvalue weighted by Crippen LogP contribution is 2.22. The van der Waals surface area contributed by atoms with E-state index in [0.29, 0.717) is 12.5 Å². The number of ether oxygens (including phenoxy) is 1. The molecule has 1 atom stereocenters. The molecular formula is C20H28N2O. The summed E-state index contributed by atoms with van der Waals surface area (Å²) < 4.78 is 5.88. The second-order valence-corrected chi connectivity index (χ2v) is 6.23. The Morgan fingerprint density at radius 1 is 1.09 bits per heavy atom. The lowest BCUT2D eigenvalue weighted by Crippen LogP contribution is -2.14. The van der Waals surface area contributed by atoms with Crippen LogP contribution in [-0.2, 0) is 0 Å². The van der Waals surface area contributed by atoms with E-state index < -0.39 is 0 Å². The van der Waals surface area contributed by atoms with Crippen LogP contribution in [0.1, 0.15) is 29.9 Å². The zero-order chi connectivity index (χ0) is 16.7. The van der Waals surface area contributed by atoms with Crippen LogP contribution < -0.4 is 15.4 Å². The highest BCUT2D eigenvalue weighted by molar-refractivity contribution is 5.49. The summed E-state index contributed by atoms with van der Waals surface area (Å²) in [5, 5.41) is 0. The van der Waals surface area contributed by atoms with Crippen molar-refractivity contribution in [3.05, 3.63) is 59.7 Å². The van der Waals surface area contributed by atoms with E-state index in [1.165, 1.54) is 11.1 Å². The number of benzene rings is 2. The minimum atomic E-state index is 0.410. The van der Waals surface area contributed by atoms with Gasteiger partial charge < -0.3 is 15.4 Å². The summed E-state index contributed by atoms with van der Waals surface area (Å²) in [6.07, 6.45) is 2.05. The minimum absolute atomic E-state index is 0.410. The van der Waals surface area contributed by atoms with E-state index in [0.717, 1.165) is 30.9 Å². The molecule has 0 aromatic heterocycles. The molecule has 0 saturated carbocycles. The number of aryl methyl sites for hydroxylation is 1. The molecule has 0 radical (unpaired) electrons. The van der Waals surface area contributed by atoms with Crippen LogP contribution in [0.25, 0.3) is 0 Å². The van der Waals surface area contributed by atoms with Crippen molar-refractivity contribution in [1.29, 1.82) is 0 Å². The maximum Gasteiger partial charge on any atom is 0.121 e. The Hall–Kier alpha value is -2.00. The lowest BCUT2D eigenvalue weighted by Gasteiger charge is -2.16. The van der Waals surface area contributed by atoms with Gasteiger partial charge in [-0.3, -0.25) is 0 Å². The molecule has 2 aromatic carbocycles. The zero-order valence-corrected chi connectivity index (χ0v) is 14.5. The zero-order valence-electron chi connectivity index (χ0n) is 14.5. The molecular weight excluding hydrogens is 284 g/mol. The van der Waals surface area contributed by atoms with Crippen LogP contribution in [0.5, 0.6) is 5.75 Å². The summed E-state index contributed by atoms with van der Waals surface area (Å²) in [6, 6.07) is 16.9. The Morgan fingerprint density at radius 3 is 2.48 bits per heavy atom. The molecule has 0 spiro atoms. The summed E-state index contributed by atoms with van der Waals surface area (Å²) in [5.74, 6) is 1.34. The minimum Gasteiger partial charge on any atom is -0.494 e. The third-order valence-corrected chi connectivity index (χ3v) is 4.13. The third kappa shape index (κ3) is 5.29. The van der Waals surface area contributed by atoms with Gasteiger partial charge in [0.05, 0.1) is 6.61 Å². The first kappa shape index (κ1) is 17.4. The van der Waals surface area contributed by atoms with Crippen LogP contribution in [0.15, 0.2) is 48.5 Å². The van der Waals surface area contributed by atoms with Crippen LogP contribution in [0, 0.1) is 6.92 Å². The van der Waals surface area contributed by atoms with Gasteiger partial charge in [0.1, 0.15) is 5.75 Å². The van der Waals surface area contributed by atoms with Gasteiger partial charge in [0, 0.05) is 25.8 Å². The quantitative estimate of drug-likeness (QED) is 0.750. The number of hydrogen-bond acceptors (Lipinski definition) is 3. The first-order valence-corrected chi connectivity index (χ1v) is 8.27. The van der Waals surface area contributed by atoms with E-state index >= 15 is 0 Å². The molecule has 1 unspecified atom stereocenters. The monoisotopic (exact) mass is 312 g/mol. The van der Waals surface area contributed by atoms with Crippen molar-refractivity contribution >= 4 is 5.69 Å². The van der Waals surface area contributed by atoms with E-state index in [2.05, 4.69) is 48.2 Å².